The molecule has 1 N–H and O–H groups in total. The van der Waals surface area contributed by atoms with Gasteiger partial charge in [-0.3, -0.25) is 0 Å². The maximum absolute atomic E-state index is 13.3. The van der Waals surface area contributed by atoms with Crippen molar-refractivity contribution >= 4 is 11.3 Å². The third-order valence-corrected chi connectivity index (χ3v) is 3.52. The summed E-state index contributed by atoms with van der Waals surface area (Å²) < 4.78 is 13.3. The summed E-state index contributed by atoms with van der Waals surface area (Å²) in [7, 11) is 0. The van der Waals surface area contributed by atoms with E-state index in [0.717, 1.165) is 35.6 Å². The molecule has 2 nitrogen and oxygen atoms in total. The second-order valence-corrected chi connectivity index (χ2v) is 5.17. The molecule has 0 aliphatic carbocycles. The summed E-state index contributed by atoms with van der Waals surface area (Å²) in [5, 5.41) is 6.32. The van der Waals surface area contributed by atoms with Gasteiger partial charge in [0, 0.05) is 24.5 Å². The molecule has 18 heavy (non-hydrogen) atoms. The first-order valence-electron chi connectivity index (χ1n) is 6.16. The van der Waals surface area contributed by atoms with E-state index >= 15 is 0 Å². The lowest BCUT2D eigenvalue weighted by Gasteiger charge is -2.09. The lowest BCUT2D eigenvalue weighted by Crippen LogP contribution is -2.15. The molecule has 1 aromatic heterocycles. The highest BCUT2D eigenvalue weighted by molar-refractivity contribution is 7.09. The quantitative estimate of drug-likeness (QED) is 0.809. The van der Waals surface area contributed by atoms with Gasteiger partial charge in [0.15, 0.2) is 0 Å². The second-order valence-electron chi connectivity index (χ2n) is 4.19. The Balaban J connectivity index is 2.12. The van der Waals surface area contributed by atoms with Crippen LogP contribution >= 0.6 is 11.3 Å². The van der Waals surface area contributed by atoms with Crippen LogP contribution in [0, 0.1) is 5.82 Å². The minimum Gasteiger partial charge on any atom is -0.313 e. The normalized spacial score (nSPS) is 10.8. The van der Waals surface area contributed by atoms with E-state index in [-0.39, 0.29) is 5.82 Å². The highest BCUT2D eigenvalue weighted by Gasteiger charge is 2.06. The molecule has 1 aromatic carbocycles. The standard InChI is InChI=1S/C14H17FN2S/c1-2-5-16-10-11-3-4-13(15)8-12(11)9-14-17-6-7-18-14/h3-4,6-8,16H,2,5,9-10H2,1H3. The van der Waals surface area contributed by atoms with Crippen LogP contribution in [0.15, 0.2) is 29.8 Å². The zero-order valence-corrected chi connectivity index (χ0v) is 11.3. The van der Waals surface area contributed by atoms with Crippen molar-refractivity contribution in [3.63, 3.8) is 0 Å². The molecule has 2 rings (SSSR count). The fourth-order valence-corrected chi connectivity index (χ4v) is 2.47. The minimum atomic E-state index is -0.180. The van der Waals surface area contributed by atoms with Crippen molar-refractivity contribution in [2.75, 3.05) is 6.54 Å². The van der Waals surface area contributed by atoms with Gasteiger partial charge in [-0.05, 0) is 36.2 Å². The van der Waals surface area contributed by atoms with Crippen LogP contribution in [0.4, 0.5) is 4.39 Å². The number of benzene rings is 1. The number of hydrogen-bond acceptors (Lipinski definition) is 3. The average Bonchev–Trinajstić information content (AvgIpc) is 2.85. The molecule has 0 fully saturated rings. The van der Waals surface area contributed by atoms with E-state index in [0.29, 0.717) is 6.42 Å². The highest BCUT2D eigenvalue weighted by Crippen LogP contribution is 2.17. The maximum Gasteiger partial charge on any atom is 0.123 e. The molecule has 0 bridgehead atoms. The van der Waals surface area contributed by atoms with Gasteiger partial charge in [-0.25, -0.2) is 9.37 Å². The Kier molecular flexibility index (Phi) is 4.84. The predicted molar refractivity (Wildman–Crippen MR) is 73.3 cm³/mol. The van der Waals surface area contributed by atoms with Gasteiger partial charge < -0.3 is 5.32 Å². The Bertz CT molecular complexity index is 483. The number of rotatable bonds is 6. The van der Waals surface area contributed by atoms with Crippen LogP contribution in [-0.2, 0) is 13.0 Å². The molecule has 2 aromatic rings. The van der Waals surface area contributed by atoms with Crippen LogP contribution in [0.2, 0.25) is 0 Å². The molecule has 4 heteroatoms. The van der Waals surface area contributed by atoms with Crippen molar-refractivity contribution in [1.29, 1.82) is 0 Å². The van der Waals surface area contributed by atoms with Crippen LogP contribution < -0.4 is 5.32 Å². The molecule has 1 heterocycles. The molecular weight excluding hydrogens is 247 g/mol. The van der Waals surface area contributed by atoms with Crippen LogP contribution in [-0.4, -0.2) is 11.5 Å². The topological polar surface area (TPSA) is 24.9 Å². The Morgan fingerprint density at radius 2 is 2.22 bits per heavy atom. The summed E-state index contributed by atoms with van der Waals surface area (Å²) in [4.78, 5) is 4.25. The predicted octanol–water partition coefficient (Wildman–Crippen LogP) is 3.37. The number of nitrogens with zero attached hydrogens (tertiary/aromatic N) is 1. The van der Waals surface area contributed by atoms with Crippen molar-refractivity contribution in [2.24, 2.45) is 0 Å². The lowest BCUT2D eigenvalue weighted by molar-refractivity contribution is 0.621. The molecule has 0 saturated heterocycles. The van der Waals surface area contributed by atoms with Crippen LogP contribution in [0.3, 0.4) is 0 Å². The number of thiazole rings is 1. The van der Waals surface area contributed by atoms with E-state index in [1.807, 2.05) is 11.4 Å². The van der Waals surface area contributed by atoms with Gasteiger partial charge in [-0.15, -0.1) is 11.3 Å². The van der Waals surface area contributed by atoms with Crippen LogP contribution in [0.25, 0.3) is 0 Å². The van der Waals surface area contributed by atoms with E-state index in [1.54, 1.807) is 23.6 Å². The molecular formula is C14H17FN2S. The van der Waals surface area contributed by atoms with E-state index < -0.39 is 0 Å². The Morgan fingerprint density at radius 3 is 2.94 bits per heavy atom. The van der Waals surface area contributed by atoms with Crippen molar-refractivity contribution < 1.29 is 4.39 Å². The summed E-state index contributed by atoms with van der Waals surface area (Å²) in [6, 6.07) is 5.00. The fourth-order valence-electron chi connectivity index (χ4n) is 1.83. The number of hydrogen-bond donors (Lipinski definition) is 1. The third kappa shape index (κ3) is 3.62. The molecule has 96 valence electrons. The Morgan fingerprint density at radius 1 is 1.33 bits per heavy atom. The molecule has 0 radical (unpaired) electrons. The van der Waals surface area contributed by atoms with Gasteiger partial charge in [-0.1, -0.05) is 13.0 Å². The third-order valence-electron chi connectivity index (χ3n) is 2.74. The zero-order valence-electron chi connectivity index (χ0n) is 10.4. The number of nitrogens with one attached hydrogen (secondary N) is 1. The van der Waals surface area contributed by atoms with Crippen molar-refractivity contribution in [2.45, 2.75) is 26.3 Å². The first kappa shape index (κ1) is 13.2. The molecule has 0 aliphatic rings. The summed E-state index contributed by atoms with van der Waals surface area (Å²) in [6.45, 7) is 3.90. The van der Waals surface area contributed by atoms with Crippen LogP contribution in [0.1, 0.15) is 29.5 Å². The van der Waals surface area contributed by atoms with Gasteiger partial charge >= 0.3 is 0 Å². The van der Waals surface area contributed by atoms with E-state index in [1.165, 1.54) is 6.07 Å². The summed E-state index contributed by atoms with van der Waals surface area (Å²) in [5.41, 5.74) is 2.17. The summed E-state index contributed by atoms with van der Waals surface area (Å²) in [5.74, 6) is -0.180. The molecule has 0 saturated carbocycles. The lowest BCUT2D eigenvalue weighted by atomic mass is 10.0. The van der Waals surface area contributed by atoms with Crippen LogP contribution in [0.5, 0.6) is 0 Å². The highest BCUT2D eigenvalue weighted by atomic mass is 32.1. The SMILES string of the molecule is CCCNCc1ccc(F)cc1Cc1nccs1. The van der Waals surface area contributed by atoms with E-state index in [4.69, 9.17) is 0 Å². The molecule has 0 unspecified atom stereocenters. The number of halogens is 1. The first-order valence-corrected chi connectivity index (χ1v) is 7.04. The summed E-state index contributed by atoms with van der Waals surface area (Å²) >= 11 is 1.61. The van der Waals surface area contributed by atoms with E-state index in [9.17, 15) is 4.39 Å². The van der Waals surface area contributed by atoms with Gasteiger partial charge in [0.2, 0.25) is 0 Å². The Labute approximate surface area is 111 Å². The van der Waals surface area contributed by atoms with Crippen molar-refractivity contribution in [3.05, 3.63) is 51.7 Å². The molecule has 0 atom stereocenters. The number of aromatic nitrogens is 1. The largest absolute Gasteiger partial charge is 0.313 e. The van der Waals surface area contributed by atoms with Gasteiger partial charge in [-0.2, -0.15) is 0 Å². The second kappa shape index (κ2) is 6.61. The van der Waals surface area contributed by atoms with Crippen molar-refractivity contribution in [1.82, 2.24) is 10.3 Å². The monoisotopic (exact) mass is 264 g/mol. The minimum absolute atomic E-state index is 0.180. The molecule has 0 aliphatic heterocycles. The Hall–Kier alpha value is -1.26. The van der Waals surface area contributed by atoms with Gasteiger partial charge in [0.05, 0.1) is 5.01 Å². The summed E-state index contributed by atoms with van der Waals surface area (Å²) in [6.07, 6.45) is 3.59. The maximum atomic E-state index is 13.3. The average molecular weight is 264 g/mol. The molecule has 0 amide bonds. The smallest absolute Gasteiger partial charge is 0.123 e. The van der Waals surface area contributed by atoms with Gasteiger partial charge in [0.1, 0.15) is 5.82 Å². The zero-order chi connectivity index (χ0) is 12.8. The first-order chi connectivity index (χ1) is 8.79. The van der Waals surface area contributed by atoms with Crippen molar-refractivity contribution in [3.8, 4) is 0 Å². The van der Waals surface area contributed by atoms with Gasteiger partial charge in [0.25, 0.3) is 0 Å². The molecule has 0 spiro atoms. The van der Waals surface area contributed by atoms with E-state index in [2.05, 4.69) is 17.2 Å². The fraction of sp³-hybridized carbons (Fsp3) is 0.357.